The van der Waals surface area contributed by atoms with E-state index in [2.05, 4.69) is 32.6 Å². The summed E-state index contributed by atoms with van der Waals surface area (Å²) in [6.45, 7) is 10.2. The molecule has 0 heteroatoms. The summed E-state index contributed by atoms with van der Waals surface area (Å²) in [5.41, 5.74) is 0. The summed E-state index contributed by atoms with van der Waals surface area (Å²) in [6.07, 6.45) is 29.4. The molecule has 0 fully saturated rings. The van der Waals surface area contributed by atoms with Gasteiger partial charge in [0.25, 0.3) is 0 Å². The molecule has 28 heavy (non-hydrogen) atoms. The Morgan fingerprint density at radius 2 is 0.893 bits per heavy atom. The van der Waals surface area contributed by atoms with Gasteiger partial charge in [-0.3, -0.25) is 0 Å². The van der Waals surface area contributed by atoms with Crippen molar-refractivity contribution in [2.24, 2.45) is 5.92 Å². The molecule has 0 saturated carbocycles. The molecule has 0 aliphatic carbocycles. The van der Waals surface area contributed by atoms with E-state index in [1.807, 2.05) is 0 Å². The topological polar surface area (TPSA) is 0 Å². The second kappa shape index (κ2) is 24.6. The third-order valence-electron chi connectivity index (χ3n) is 5.92. The van der Waals surface area contributed by atoms with Crippen LogP contribution in [0.1, 0.15) is 148 Å². The maximum absolute atomic E-state index is 3.94. The first kappa shape index (κ1) is 27.6. The lowest BCUT2D eigenvalue weighted by Gasteiger charge is -2.16. The fraction of sp³-hybridized carbons (Fsp3) is 0.857. The van der Waals surface area contributed by atoms with Gasteiger partial charge in [-0.2, -0.15) is 0 Å². The molecule has 164 valence electrons. The Kier molecular flexibility index (Phi) is 24.2. The normalized spacial score (nSPS) is 12.0. The van der Waals surface area contributed by atoms with Crippen molar-refractivity contribution in [3.05, 3.63) is 13.8 Å². The van der Waals surface area contributed by atoms with Crippen molar-refractivity contribution in [3.8, 4) is 11.8 Å². The van der Waals surface area contributed by atoms with Crippen LogP contribution in [-0.2, 0) is 0 Å². The maximum atomic E-state index is 3.94. The molecule has 1 atom stereocenters. The molecule has 0 aliphatic rings. The van der Waals surface area contributed by atoms with Crippen molar-refractivity contribution in [2.75, 3.05) is 0 Å². The van der Waals surface area contributed by atoms with Crippen molar-refractivity contribution in [2.45, 2.75) is 148 Å². The molecule has 0 aliphatic heterocycles. The molecule has 0 spiro atoms. The molecule has 1 unspecified atom stereocenters. The van der Waals surface area contributed by atoms with Crippen LogP contribution in [0.25, 0.3) is 0 Å². The van der Waals surface area contributed by atoms with Gasteiger partial charge in [0.15, 0.2) is 0 Å². The van der Waals surface area contributed by atoms with Crippen molar-refractivity contribution >= 4 is 0 Å². The van der Waals surface area contributed by atoms with E-state index in [4.69, 9.17) is 0 Å². The summed E-state index contributed by atoms with van der Waals surface area (Å²) in [5, 5.41) is 0. The SMILES string of the molecule is [CH2]CCCCCCCCC#CCCCCC(CCCC)CCCCCCC[CH2]. The average Bonchev–Trinajstić information content (AvgIpc) is 2.71. The first-order chi connectivity index (χ1) is 13.8. The molecule has 0 heterocycles. The zero-order valence-corrected chi connectivity index (χ0v) is 19.5. The van der Waals surface area contributed by atoms with Crippen LogP contribution in [0.15, 0.2) is 0 Å². The molecule has 0 bridgehead atoms. The highest BCUT2D eigenvalue weighted by atomic mass is 14.1. The minimum atomic E-state index is 0.976. The summed E-state index contributed by atoms with van der Waals surface area (Å²) in [6, 6.07) is 0. The van der Waals surface area contributed by atoms with Gasteiger partial charge in [0.2, 0.25) is 0 Å². The third-order valence-corrected chi connectivity index (χ3v) is 5.92. The molecular weight excluding hydrogens is 336 g/mol. The van der Waals surface area contributed by atoms with E-state index in [0.29, 0.717) is 0 Å². The summed E-state index contributed by atoms with van der Waals surface area (Å²) in [4.78, 5) is 0. The van der Waals surface area contributed by atoms with Crippen LogP contribution in [0.2, 0.25) is 0 Å². The molecule has 0 aromatic heterocycles. The molecule has 2 radical (unpaired) electrons. The lowest BCUT2D eigenvalue weighted by atomic mass is 9.90. The van der Waals surface area contributed by atoms with Gasteiger partial charge in [-0.25, -0.2) is 0 Å². The van der Waals surface area contributed by atoms with Gasteiger partial charge in [0, 0.05) is 12.8 Å². The standard InChI is InChI=1S/C28H52/c1-4-7-10-12-14-15-16-17-18-19-20-22-24-27-28(25-9-6-3)26-23-21-13-11-8-5-2/h28H,1-2,4-17,20-27H2,3H3. The minimum absolute atomic E-state index is 0.976. The molecule has 0 N–H and O–H groups in total. The van der Waals surface area contributed by atoms with E-state index in [1.54, 1.807) is 0 Å². The van der Waals surface area contributed by atoms with E-state index >= 15 is 0 Å². The Balaban J connectivity index is 3.59. The Morgan fingerprint density at radius 1 is 0.500 bits per heavy atom. The van der Waals surface area contributed by atoms with Gasteiger partial charge in [0.1, 0.15) is 0 Å². The van der Waals surface area contributed by atoms with Gasteiger partial charge >= 0.3 is 0 Å². The molecular formula is C28H52. The zero-order valence-electron chi connectivity index (χ0n) is 19.5. The third kappa shape index (κ3) is 21.9. The van der Waals surface area contributed by atoms with Gasteiger partial charge in [-0.05, 0) is 18.8 Å². The van der Waals surface area contributed by atoms with Gasteiger partial charge < -0.3 is 0 Å². The average molecular weight is 389 g/mol. The minimum Gasteiger partial charge on any atom is -0.103 e. The number of hydrogen-bond donors (Lipinski definition) is 0. The monoisotopic (exact) mass is 388 g/mol. The number of rotatable bonds is 21. The van der Waals surface area contributed by atoms with E-state index in [9.17, 15) is 0 Å². The summed E-state index contributed by atoms with van der Waals surface area (Å²) in [5.74, 6) is 7.80. The summed E-state index contributed by atoms with van der Waals surface area (Å²) in [7, 11) is 0. The molecule has 0 nitrogen and oxygen atoms in total. The van der Waals surface area contributed by atoms with E-state index in [1.165, 1.54) is 116 Å². The van der Waals surface area contributed by atoms with E-state index in [-0.39, 0.29) is 0 Å². The predicted octanol–water partition coefficient (Wildman–Crippen LogP) is 9.88. The number of hydrogen-bond acceptors (Lipinski definition) is 0. The first-order valence-electron chi connectivity index (χ1n) is 12.9. The van der Waals surface area contributed by atoms with E-state index < -0.39 is 0 Å². The zero-order chi connectivity index (χ0) is 20.5. The van der Waals surface area contributed by atoms with Crippen LogP contribution in [0.4, 0.5) is 0 Å². The van der Waals surface area contributed by atoms with Crippen molar-refractivity contribution < 1.29 is 0 Å². The highest BCUT2D eigenvalue weighted by molar-refractivity contribution is 4.98. The molecule has 0 aromatic rings. The summed E-state index contributed by atoms with van der Waals surface area (Å²) >= 11 is 0. The van der Waals surface area contributed by atoms with Crippen molar-refractivity contribution in [1.29, 1.82) is 0 Å². The summed E-state index contributed by atoms with van der Waals surface area (Å²) < 4.78 is 0. The fourth-order valence-electron chi connectivity index (χ4n) is 3.99. The second-order valence-electron chi connectivity index (χ2n) is 8.74. The van der Waals surface area contributed by atoms with Crippen molar-refractivity contribution in [3.63, 3.8) is 0 Å². The maximum Gasteiger partial charge on any atom is 0.00886 e. The number of unbranched alkanes of at least 4 members (excludes halogenated alkanes) is 15. The van der Waals surface area contributed by atoms with Crippen LogP contribution in [-0.4, -0.2) is 0 Å². The first-order valence-corrected chi connectivity index (χ1v) is 12.9. The van der Waals surface area contributed by atoms with Crippen LogP contribution in [0, 0.1) is 31.6 Å². The quantitative estimate of drug-likeness (QED) is 0.135. The predicted molar refractivity (Wildman–Crippen MR) is 129 cm³/mol. The van der Waals surface area contributed by atoms with E-state index in [0.717, 1.165) is 31.6 Å². The highest BCUT2D eigenvalue weighted by Gasteiger charge is 2.07. The van der Waals surface area contributed by atoms with Crippen LogP contribution >= 0.6 is 0 Å². The van der Waals surface area contributed by atoms with Crippen molar-refractivity contribution in [1.82, 2.24) is 0 Å². The van der Waals surface area contributed by atoms with Crippen LogP contribution in [0.3, 0.4) is 0 Å². The Labute approximate surface area is 180 Å². The molecule has 0 rings (SSSR count). The smallest absolute Gasteiger partial charge is 0.00886 e. The Morgan fingerprint density at radius 3 is 1.43 bits per heavy atom. The molecule has 0 amide bonds. The van der Waals surface area contributed by atoms with Crippen LogP contribution < -0.4 is 0 Å². The van der Waals surface area contributed by atoms with Crippen LogP contribution in [0.5, 0.6) is 0 Å². The van der Waals surface area contributed by atoms with Gasteiger partial charge in [-0.15, -0.1) is 11.8 Å². The lowest BCUT2D eigenvalue weighted by Crippen LogP contribution is -2.01. The second-order valence-corrected chi connectivity index (χ2v) is 8.74. The molecule has 0 aromatic carbocycles. The highest BCUT2D eigenvalue weighted by Crippen LogP contribution is 2.23. The fourth-order valence-corrected chi connectivity index (χ4v) is 3.99. The molecule has 0 saturated heterocycles. The van der Waals surface area contributed by atoms with Gasteiger partial charge in [-0.1, -0.05) is 136 Å². The van der Waals surface area contributed by atoms with Gasteiger partial charge in [0.05, 0.1) is 0 Å². The Bertz CT molecular complexity index is 332. The largest absolute Gasteiger partial charge is 0.103 e. The lowest BCUT2D eigenvalue weighted by molar-refractivity contribution is 0.375. The Hall–Kier alpha value is -0.440.